The van der Waals surface area contributed by atoms with E-state index < -0.39 is 23.7 Å². The SMILES string of the molecule is CCOC(=O)[C@@](NC(=O)c1ccccc1)(N1CCN(Cc2ccc3c(c2)OCO3)CC1)C(F)(F)F. The van der Waals surface area contributed by atoms with E-state index in [4.69, 9.17) is 14.2 Å². The third-order valence-corrected chi connectivity index (χ3v) is 6.00. The summed E-state index contributed by atoms with van der Waals surface area (Å²) in [6.07, 6.45) is -5.12. The third kappa shape index (κ3) is 5.06. The first-order chi connectivity index (χ1) is 16.7. The maximum atomic E-state index is 14.6. The zero-order chi connectivity index (χ0) is 25.1. The molecule has 0 saturated carbocycles. The Morgan fingerprint density at radius 3 is 2.34 bits per heavy atom. The number of carbonyl (C=O) groups excluding carboxylic acids is 2. The van der Waals surface area contributed by atoms with Crippen LogP contribution in [0.5, 0.6) is 11.5 Å². The highest BCUT2D eigenvalue weighted by atomic mass is 19.4. The zero-order valence-electron chi connectivity index (χ0n) is 19.1. The summed E-state index contributed by atoms with van der Waals surface area (Å²) in [5, 5.41) is 1.97. The molecule has 0 bridgehead atoms. The van der Waals surface area contributed by atoms with E-state index in [0.717, 1.165) is 10.5 Å². The first-order valence-corrected chi connectivity index (χ1v) is 11.2. The van der Waals surface area contributed by atoms with Crippen LogP contribution in [0.25, 0.3) is 0 Å². The predicted molar refractivity (Wildman–Crippen MR) is 119 cm³/mol. The van der Waals surface area contributed by atoms with Crippen molar-refractivity contribution in [3.8, 4) is 11.5 Å². The number of alkyl halides is 3. The van der Waals surface area contributed by atoms with Gasteiger partial charge in [-0.15, -0.1) is 0 Å². The van der Waals surface area contributed by atoms with E-state index in [-0.39, 0.29) is 45.1 Å². The summed E-state index contributed by atoms with van der Waals surface area (Å²) in [6, 6.07) is 13.0. The van der Waals surface area contributed by atoms with Crippen LogP contribution in [0.15, 0.2) is 48.5 Å². The highest BCUT2D eigenvalue weighted by Gasteiger charge is 2.66. The fourth-order valence-corrected chi connectivity index (χ4v) is 4.23. The Labute approximate surface area is 200 Å². The number of hydrogen-bond donors (Lipinski definition) is 1. The van der Waals surface area contributed by atoms with E-state index in [1.54, 1.807) is 12.1 Å². The molecule has 2 aliphatic rings. The Kier molecular flexibility index (Phi) is 7.18. The van der Waals surface area contributed by atoms with E-state index in [1.165, 1.54) is 31.2 Å². The van der Waals surface area contributed by atoms with Gasteiger partial charge in [-0.2, -0.15) is 13.2 Å². The quantitative estimate of drug-likeness (QED) is 0.595. The van der Waals surface area contributed by atoms with Gasteiger partial charge in [0.2, 0.25) is 6.79 Å². The first-order valence-electron chi connectivity index (χ1n) is 11.2. The van der Waals surface area contributed by atoms with Gasteiger partial charge in [-0.25, -0.2) is 4.79 Å². The van der Waals surface area contributed by atoms with E-state index in [1.807, 2.05) is 22.3 Å². The normalized spacial score (nSPS) is 18.1. The van der Waals surface area contributed by atoms with Gasteiger partial charge in [0, 0.05) is 38.3 Å². The Balaban J connectivity index is 1.53. The predicted octanol–water partition coefficient (Wildman–Crippen LogP) is 2.78. The fourth-order valence-electron chi connectivity index (χ4n) is 4.23. The van der Waals surface area contributed by atoms with Crippen molar-refractivity contribution in [3.05, 3.63) is 59.7 Å². The van der Waals surface area contributed by atoms with Gasteiger partial charge in [-0.3, -0.25) is 14.6 Å². The number of nitrogens with one attached hydrogen (secondary N) is 1. The summed E-state index contributed by atoms with van der Waals surface area (Å²) in [4.78, 5) is 28.5. The molecule has 2 aromatic rings. The van der Waals surface area contributed by atoms with Gasteiger partial charge in [0.15, 0.2) is 11.5 Å². The van der Waals surface area contributed by atoms with Crippen molar-refractivity contribution in [2.45, 2.75) is 25.3 Å². The zero-order valence-corrected chi connectivity index (χ0v) is 19.1. The van der Waals surface area contributed by atoms with Gasteiger partial charge < -0.3 is 19.5 Å². The lowest BCUT2D eigenvalue weighted by Crippen LogP contribution is -2.75. The highest BCUT2D eigenvalue weighted by molar-refractivity contribution is 5.98. The second-order valence-electron chi connectivity index (χ2n) is 8.20. The molecular weight excluding hydrogens is 467 g/mol. The van der Waals surface area contributed by atoms with Crippen LogP contribution in [0, 0.1) is 0 Å². The van der Waals surface area contributed by atoms with Crippen LogP contribution >= 0.6 is 0 Å². The Morgan fingerprint density at radius 2 is 1.69 bits per heavy atom. The average Bonchev–Trinajstić information content (AvgIpc) is 3.31. The number of fused-ring (bicyclic) bond motifs is 1. The van der Waals surface area contributed by atoms with Crippen molar-refractivity contribution in [2.24, 2.45) is 0 Å². The molecule has 11 heteroatoms. The number of amides is 1. The summed E-state index contributed by atoms with van der Waals surface area (Å²) in [7, 11) is 0. The minimum absolute atomic E-state index is 0.00636. The van der Waals surface area contributed by atoms with Crippen molar-refractivity contribution in [3.63, 3.8) is 0 Å². The molecule has 1 fully saturated rings. The highest BCUT2D eigenvalue weighted by Crippen LogP contribution is 2.37. The molecule has 2 aromatic carbocycles. The van der Waals surface area contributed by atoms with Crippen LogP contribution < -0.4 is 14.8 Å². The van der Waals surface area contributed by atoms with Crippen molar-refractivity contribution in [1.82, 2.24) is 15.1 Å². The summed E-state index contributed by atoms with van der Waals surface area (Å²) >= 11 is 0. The molecule has 8 nitrogen and oxygen atoms in total. The summed E-state index contributed by atoms with van der Waals surface area (Å²) in [5.41, 5.74) is -2.37. The van der Waals surface area contributed by atoms with Crippen LogP contribution in [0.4, 0.5) is 13.2 Å². The van der Waals surface area contributed by atoms with Crippen LogP contribution in [0.1, 0.15) is 22.8 Å². The lowest BCUT2D eigenvalue weighted by atomic mass is 10.0. The molecule has 1 saturated heterocycles. The molecule has 4 rings (SSSR count). The van der Waals surface area contributed by atoms with Crippen molar-refractivity contribution in [1.29, 1.82) is 0 Å². The topological polar surface area (TPSA) is 80.3 Å². The van der Waals surface area contributed by atoms with E-state index in [0.29, 0.717) is 18.0 Å². The Hall–Kier alpha value is -3.31. The lowest BCUT2D eigenvalue weighted by molar-refractivity contribution is -0.250. The number of hydrogen-bond acceptors (Lipinski definition) is 7. The second kappa shape index (κ2) is 10.1. The molecule has 1 amide bonds. The monoisotopic (exact) mass is 493 g/mol. The van der Waals surface area contributed by atoms with Gasteiger partial charge in [0.1, 0.15) is 0 Å². The second-order valence-corrected chi connectivity index (χ2v) is 8.20. The smallest absolute Gasteiger partial charge is 0.436 e. The van der Waals surface area contributed by atoms with Gasteiger partial charge >= 0.3 is 12.1 Å². The molecule has 0 aliphatic carbocycles. The molecule has 1 atom stereocenters. The standard InChI is InChI=1S/C24H26F3N3O5/c1-2-33-22(32)23(24(25,26)27,28-21(31)18-6-4-3-5-7-18)30-12-10-29(11-13-30)15-17-8-9-19-20(14-17)35-16-34-19/h3-9,14H,2,10-13,15-16H2,1H3,(H,28,31)/t23-/m1/s1. The van der Waals surface area contributed by atoms with Gasteiger partial charge in [0.05, 0.1) is 6.61 Å². The molecule has 1 N–H and O–H groups in total. The summed E-state index contributed by atoms with van der Waals surface area (Å²) < 4.78 is 59.3. The van der Waals surface area contributed by atoms with Gasteiger partial charge in [-0.05, 0) is 36.8 Å². The molecule has 0 unspecified atom stereocenters. The average molecular weight is 493 g/mol. The lowest BCUT2D eigenvalue weighted by Gasteiger charge is -2.46. The number of nitrogens with zero attached hydrogens (tertiary/aromatic N) is 2. The van der Waals surface area contributed by atoms with Gasteiger partial charge in [-0.1, -0.05) is 24.3 Å². The summed E-state index contributed by atoms with van der Waals surface area (Å²) in [5.74, 6) is -1.29. The molecule has 0 radical (unpaired) electrons. The Morgan fingerprint density at radius 1 is 1.00 bits per heavy atom. The molecule has 0 aromatic heterocycles. The van der Waals surface area contributed by atoms with Crippen molar-refractivity contribution in [2.75, 3.05) is 39.6 Å². The van der Waals surface area contributed by atoms with Crippen LogP contribution in [-0.4, -0.2) is 73.1 Å². The molecule has 2 aliphatic heterocycles. The molecule has 35 heavy (non-hydrogen) atoms. The van der Waals surface area contributed by atoms with E-state index in [2.05, 4.69) is 0 Å². The van der Waals surface area contributed by atoms with Crippen LogP contribution in [-0.2, 0) is 16.1 Å². The number of benzene rings is 2. The first kappa shape index (κ1) is 24.8. The molecule has 188 valence electrons. The maximum Gasteiger partial charge on any atom is 0.436 e. The number of esters is 1. The molecular formula is C24H26F3N3O5. The van der Waals surface area contributed by atoms with Crippen LogP contribution in [0.3, 0.4) is 0 Å². The fraction of sp³-hybridized carbons (Fsp3) is 0.417. The number of carbonyl (C=O) groups is 2. The molecule has 0 spiro atoms. The van der Waals surface area contributed by atoms with E-state index in [9.17, 15) is 22.8 Å². The van der Waals surface area contributed by atoms with E-state index >= 15 is 0 Å². The van der Waals surface area contributed by atoms with Crippen molar-refractivity contribution < 1.29 is 37.0 Å². The Bertz CT molecular complexity index is 1060. The van der Waals surface area contributed by atoms with Gasteiger partial charge in [0.25, 0.3) is 11.6 Å². The minimum atomic E-state index is -5.12. The number of piperazine rings is 1. The minimum Gasteiger partial charge on any atom is -0.463 e. The van der Waals surface area contributed by atoms with Crippen molar-refractivity contribution >= 4 is 11.9 Å². The third-order valence-electron chi connectivity index (χ3n) is 6.00. The number of ether oxygens (including phenoxy) is 3. The number of halogens is 3. The number of rotatable bonds is 7. The largest absolute Gasteiger partial charge is 0.463 e. The van der Waals surface area contributed by atoms with Crippen LogP contribution in [0.2, 0.25) is 0 Å². The summed E-state index contributed by atoms with van der Waals surface area (Å²) in [6.45, 7) is 2.05. The molecule has 2 heterocycles. The maximum absolute atomic E-state index is 14.6.